The van der Waals surface area contributed by atoms with Gasteiger partial charge in [0.1, 0.15) is 6.04 Å². The van der Waals surface area contributed by atoms with Crippen LogP contribution < -0.4 is 9.62 Å². The van der Waals surface area contributed by atoms with Gasteiger partial charge in [0.15, 0.2) is 0 Å². The fourth-order valence-corrected chi connectivity index (χ4v) is 4.33. The maximum atomic E-state index is 12.7. The summed E-state index contributed by atoms with van der Waals surface area (Å²) in [7, 11) is -3.67. The number of hydrogen-bond acceptors (Lipinski definition) is 3. The van der Waals surface area contributed by atoms with Gasteiger partial charge in [0.05, 0.1) is 11.9 Å². The number of carbonyl (C=O) groups is 1. The van der Waals surface area contributed by atoms with Gasteiger partial charge < -0.3 is 5.32 Å². The maximum absolute atomic E-state index is 12.7. The molecule has 0 aliphatic rings. The third kappa shape index (κ3) is 5.97. The van der Waals surface area contributed by atoms with Gasteiger partial charge in [-0.1, -0.05) is 48.0 Å². The van der Waals surface area contributed by atoms with Crippen molar-refractivity contribution in [3.05, 3.63) is 64.7 Å². The minimum absolute atomic E-state index is 0.0850. The molecule has 0 radical (unpaired) electrons. The highest BCUT2D eigenvalue weighted by Gasteiger charge is 2.30. The lowest BCUT2D eigenvalue weighted by Gasteiger charge is -2.29. The Morgan fingerprint density at radius 2 is 1.79 bits per heavy atom. The molecular formula is C21H27ClN2O3S. The van der Waals surface area contributed by atoms with E-state index >= 15 is 0 Å². The molecule has 2 aromatic rings. The topological polar surface area (TPSA) is 66.5 Å². The molecule has 152 valence electrons. The van der Waals surface area contributed by atoms with E-state index < -0.39 is 16.1 Å². The Hall–Kier alpha value is -2.05. The highest BCUT2D eigenvalue weighted by Crippen LogP contribution is 2.26. The third-order valence-corrected chi connectivity index (χ3v) is 6.24. The van der Waals surface area contributed by atoms with E-state index in [4.69, 9.17) is 11.6 Å². The number of anilines is 1. The lowest BCUT2D eigenvalue weighted by molar-refractivity contribution is -0.122. The number of aryl methyl sites for hydroxylation is 2. The van der Waals surface area contributed by atoms with Crippen molar-refractivity contribution in [2.24, 2.45) is 0 Å². The Balaban J connectivity index is 2.09. The lowest BCUT2D eigenvalue weighted by atomic mass is 10.1. The van der Waals surface area contributed by atoms with Gasteiger partial charge in [-0.2, -0.15) is 0 Å². The quantitative estimate of drug-likeness (QED) is 0.700. The smallest absolute Gasteiger partial charge is 0.243 e. The molecule has 28 heavy (non-hydrogen) atoms. The van der Waals surface area contributed by atoms with Crippen LogP contribution in [0.25, 0.3) is 0 Å². The van der Waals surface area contributed by atoms with E-state index in [-0.39, 0.29) is 11.9 Å². The first-order valence-corrected chi connectivity index (χ1v) is 11.4. The molecule has 1 N–H and O–H groups in total. The molecule has 2 aromatic carbocycles. The largest absolute Gasteiger partial charge is 0.352 e. The zero-order chi connectivity index (χ0) is 20.9. The van der Waals surface area contributed by atoms with E-state index in [9.17, 15) is 13.2 Å². The Morgan fingerprint density at radius 3 is 2.36 bits per heavy atom. The summed E-state index contributed by atoms with van der Waals surface area (Å²) in [6.07, 6.45) is 2.68. The zero-order valence-corrected chi connectivity index (χ0v) is 18.2. The van der Waals surface area contributed by atoms with E-state index in [2.05, 4.69) is 5.32 Å². The van der Waals surface area contributed by atoms with Gasteiger partial charge in [0.2, 0.25) is 15.9 Å². The highest BCUT2D eigenvalue weighted by atomic mass is 35.5. The first-order chi connectivity index (χ1) is 13.1. The fourth-order valence-electron chi connectivity index (χ4n) is 2.99. The Labute approximate surface area is 172 Å². The minimum atomic E-state index is -3.67. The number of halogens is 1. The van der Waals surface area contributed by atoms with Crippen LogP contribution in [-0.2, 0) is 21.2 Å². The van der Waals surface area contributed by atoms with Crippen molar-refractivity contribution in [3.8, 4) is 0 Å². The van der Waals surface area contributed by atoms with Crippen LogP contribution in [-0.4, -0.2) is 32.7 Å². The predicted molar refractivity (Wildman–Crippen MR) is 115 cm³/mol. The van der Waals surface area contributed by atoms with Gasteiger partial charge in [0.25, 0.3) is 0 Å². The fraction of sp³-hybridized carbons (Fsp3) is 0.381. The molecule has 0 saturated carbocycles. The molecule has 5 nitrogen and oxygen atoms in total. The first-order valence-electron chi connectivity index (χ1n) is 9.19. The summed E-state index contributed by atoms with van der Waals surface area (Å²) in [5.41, 5.74) is 2.41. The molecule has 2 atom stereocenters. The monoisotopic (exact) mass is 422 g/mol. The summed E-state index contributed by atoms with van der Waals surface area (Å²) in [6, 6.07) is 14.0. The molecule has 0 spiro atoms. The van der Waals surface area contributed by atoms with Crippen molar-refractivity contribution in [2.75, 3.05) is 10.6 Å². The molecule has 0 aliphatic carbocycles. The Bertz CT molecular complexity index is 917. The molecule has 0 fully saturated rings. The number of sulfonamides is 1. The SMILES string of the molecule is Cc1ccc(N([C@H](C)C(=O)N[C@@H](C)CCc2ccccc2)S(C)(=O)=O)cc1Cl. The summed E-state index contributed by atoms with van der Waals surface area (Å²) in [6.45, 7) is 5.33. The molecule has 7 heteroatoms. The maximum Gasteiger partial charge on any atom is 0.243 e. The van der Waals surface area contributed by atoms with E-state index in [0.29, 0.717) is 10.7 Å². The predicted octanol–water partition coefficient (Wildman–Crippen LogP) is 3.94. The summed E-state index contributed by atoms with van der Waals surface area (Å²) >= 11 is 6.15. The van der Waals surface area contributed by atoms with E-state index in [1.54, 1.807) is 25.1 Å². The third-order valence-electron chi connectivity index (χ3n) is 4.60. The molecule has 1 amide bonds. The number of benzene rings is 2. The van der Waals surface area contributed by atoms with Crippen LogP contribution in [0.1, 0.15) is 31.4 Å². The van der Waals surface area contributed by atoms with Gasteiger partial charge in [-0.05, 0) is 56.9 Å². The van der Waals surface area contributed by atoms with E-state index in [0.717, 1.165) is 29.0 Å². The number of hydrogen-bond donors (Lipinski definition) is 1. The first kappa shape index (κ1) is 22.2. The number of rotatable bonds is 8. The molecule has 0 aliphatic heterocycles. The number of carbonyl (C=O) groups excluding carboxylic acids is 1. The highest BCUT2D eigenvalue weighted by molar-refractivity contribution is 7.92. The van der Waals surface area contributed by atoms with Crippen LogP contribution in [0, 0.1) is 6.92 Å². The van der Waals surface area contributed by atoms with Crippen LogP contribution in [0.5, 0.6) is 0 Å². The van der Waals surface area contributed by atoms with Crippen molar-refractivity contribution >= 4 is 33.2 Å². The van der Waals surface area contributed by atoms with Gasteiger partial charge in [-0.15, -0.1) is 0 Å². The van der Waals surface area contributed by atoms with Crippen molar-refractivity contribution in [1.82, 2.24) is 5.32 Å². The normalized spacial score (nSPS) is 13.6. The summed E-state index contributed by atoms with van der Waals surface area (Å²) < 4.78 is 25.9. The molecule has 0 heterocycles. The summed E-state index contributed by atoms with van der Waals surface area (Å²) in [4.78, 5) is 12.7. The van der Waals surface area contributed by atoms with Gasteiger partial charge in [-0.25, -0.2) is 8.42 Å². The van der Waals surface area contributed by atoms with E-state index in [1.807, 2.05) is 44.2 Å². The molecule has 0 unspecified atom stereocenters. The van der Waals surface area contributed by atoms with Crippen LogP contribution >= 0.6 is 11.6 Å². The Kier molecular flexibility index (Phi) is 7.49. The average molecular weight is 423 g/mol. The number of amides is 1. The van der Waals surface area contributed by atoms with Gasteiger partial charge in [-0.3, -0.25) is 9.10 Å². The van der Waals surface area contributed by atoms with Crippen molar-refractivity contribution in [1.29, 1.82) is 0 Å². The average Bonchev–Trinajstić information content (AvgIpc) is 2.62. The van der Waals surface area contributed by atoms with Crippen LogP contribution in [0.3, 0.4) is 0 Å². The number of nitrogens with one attached hydrogen (secondary N) is 1. The lowest BCUT2D eigenvalue weighted by Crippen LogP contribution is -2.50. The summed E-state index contributed by atoms with van der Waals surface area (Å²) in [5, 5.41) is 3.37. The van der Waals surface area contributed by atoms with Crippen LogP contribution in [0.15, 0.2) is 48.5 Å². The second-order valence-corrected chi connectivity index (χ2v) is 9.37. The Morgan fingerprint density at radius 1 is 1.14 bits per heavy atom. The molecule has 0 saturated heterocycles. The van der Waals surface area contributed by atoms with Crippen molar-refractivity contribution < 1.29 is 13.2 Å². The van der Waals surface area contributed by atoms with E-state index in [1.165, 1.54) is 5.56 Å². The van der Waals surface area contributed by atoms with Crippen molar-refractivity contribution in [2.45, 2.75) is 45.7 Å². The van der Waals surface area contributed by atoms with Crippen molar-refractivity contribution in [3.63, 3.8) is 0 Å². The molecule has 0 bridgehead atoms. The molecular weight excluding hydrogens is 396 g/mol. The summed E-state index contributed by atoms with van der Waals surface area (Å²) in [5.74, 6) is -0.345. The van der Waals surface area contributed by atoms with Gasteiger partial charge in [0, 0.05) is 11.1 Å². The number of nitrogens with zero attached hydrogens (tertiary/aromatic N) is 1. The van der Waals surface area contributed by atoms with Crippen LogP contribution in [0.4, 0.5) is 5.69 Å². The standard InChI is InChI=1S/C21H27ClN2O3S/c1-15-10-13-19(14-20(15)22)24(28(4,26)27)17(3)21(25)23-16(2)11-12-18-8-6-5-7-9-18/h5-10,13-14,16-17H,11-12H2,1-4H3,(H,23,25)/t16-,17+/m0/s1. The second kappa shape index (κ2) is 9.43. The second-order valence-electron chi connectivity index (χ2n) is 7.10. The zero-order valence-electron chi connectivity index (χ0n) is 16.6. The minimum Gasteiger partial charge on any atom is -0.352 e. The molecule has 2 rings (SSSR count). The molecule has 0 aromatic heterocycles. The van der Waals surface area contributed by atoms with Gasteiger partial charge >= 0.3 is 0 Å². The van der Waals surface area contributed by atoms with Crippen LogP contribution in [0.2, 0.25) is 5.02 Å².